The molecule has 3 aromatic rings. The van der Waals surface area contributed by atoms with Crippen molar-refractivity contribution in [2.24, 2.45) is 0 Å². The molecule has 0 aliphatic carbocycles. The molecule has 0 spiro atoms. The van der Waals surface area contributed by atoms with E-state index in [1.807, 2.05) is 79.7 Å². The fourth-order valence-corrected chi connectivity index (χ4v) is 4.40. The molecular weight excluding hydrogens is 500 g/mol. The summed E-state index contributed by atoms with van der Waals surface area (Å²) < 4.78 is 12.4. The van der Waals surface area contributed by atoms with Gasteiger partial charge in [-0.25, -0.2) is 0 Å². The summed E-state index contributed by atoms with van der Waals surface area (Å²) in [7, 11) is 1.62. The second-order valence-electron chi connectivity index (χ2n) is 7.57. The van der Waals surface area contributed by atoms with E-state index in [2.05, 4.69) is 21.2 Å². The van der Waals surface area contributed by atoms with Crippen molar-refractivity contribution in [3.63, 3.8) is 0 Å². The molecule has 4 rings (SSSR count). The number of halogens is 1. The van der Waals surface area contributed by atoms with Crippen LogP contribution in [0.4, 0.5) is 0 Å². The highest BCUT2D eigenvalue weighted by molar-refractivity contribution is 9.10. The van der Waals surface area contributed by atoms with Gasteiger partial charge in [-0.2, -0.15) is 0 Å². The summed E-state index contributed by atoms with van der Waals surface area (Å²) in [4.78, 5) is 14.7. The molecule has 1 aliphatic heterocycles. The molecule has 1 amide bonds. The van der Waals surface area contributed by atoms with Crippen molar-refractivity contribution in [2.75, 3.05) is 7.11 Å². The van der Waals surface area contributed by atoms with Crippen LogP contribution in [0.2, 0.25) is 0 Å². The van der Waals surface area contributed by atoms with Gasteiger partial charge in [-0.3, -0.25) is 9.69 Å². The highest BCUT2D eigenvalue weighted by atomic mass is 79.9. The van der Waals surface area contributed by atoms with E-state index in [-0.39, 0.29) is 11.9 Å². The highest BCUT2D eigenvalue weighted by Gasteiger charge is 2.34. The number of nitrogens with one attached hydrogen (secondary N) is 1. The molecule has 3 aromatic carbocycles. The summed E-state index contributed by atoms with van der Waals surface area (Å²) >= 11 is 8.92. The molecule has 1 aliphatic rings. The van der Waals surface area contributed by atoms with Crippen molar-refractivity contribution in [2.45, 2.75) is 19.6 Å². The van der Waals surface area contributed by atoms with Crippen LogP contribution in [0.25, 0.3) is 6.08 Å². The molecule has 0 radical (unpaired) electrons. The third kappa shape index (κ3) is 5.26. The molecule has 1 fully saturated rings. The van der Waals surface area contributed by atoms with Crippen LogP contribution in [-0.2, 0) is 11.4 Å². The summed E-state index contributed by atoms with van der Waals surface area (Å²) in [6.07, 6.45) is 1.80. The maximum atomic E-state index is 13.1. The Morgan fingerprint density at radius 3 is 2.61 bits per heavy atom. The van der Waals surface area contributed by atoms with Crippen molar-refractivity contribution in [1.29, 1.82) is 0 Å². The van der Waals surface area contributed by atoms with Crippen molar-refractivity contribution in [1.82, 2.24) is 10.2 Å². The number of carbonyl (C=O) groups excluding carboxylic acids is 1. The topological polar surface area (TPSA) is 50.8 Å². The molecule has 1 heterocycles. The average molecular weight is 523 g/mol. The Labute approximate surface area is 207 Å². The highest BCUT2D eigenvalue weighted by Crippen LogP contribution is 2.28. The lowest BCUT2D eigenvalue weighted by Gasteiger charge is -2.23. The third-order valence-corrected chi connectivity index (χ3v) is 6.18. The summed E-state index contributed by atoms with van der Waals surface area (Å²) in [5.74, 6) is 1.31. The lowest BCUT2D eigenvalue weighted by atomic mass is 10.1. The molecular formula is C26H23BrN2O3S. The Balaban J connectivity index is 1.55. The zero-order valence-electron chi connectivity index (χ0n) is 18.2. The van der Waals surface area contributed by atoms with Crippen LogP contribution in [0.1, 0.15) is 29.7 Å². The van der Waals surface area contributed by atoms with Gasteiger partial charge in [0.25, 0.3) is 5.91 Å². The first-order valence-electron chi connectivity index (χ1n) is 10.4. The first kappa shape index (κ1) is 23.0. The molecule has 5 nitrogen and oxygen atoms in total. The largest absolute Gasteiger partial charge is 0.496 e. The van der Waals surface area contributed by atoms with Crippen LogP contribution < -0.4 is 14.8 Å². The number of nitrogens with zero attached hydrogens (tertiary/aromatic N) is 1. The number of thiocarbonyl (C=S) groups is 1. The van der Waals surface area contributed by atoms with E-state index in [0.29, 0.717) is 23.2 Å². The number of ether oxygens (including phenoxy) is 2. The number of hydrogen-bond donors (Lipinski definition) is 1. The van der Waals surface area contributed by atoms with Gasteiger partial charge < -0.3 is 14.8 Å². The van der Waals surface area contributed by atoms with E-state index in [1.165, 1.54) is 0 Å². The number of carbonyl (C=O) groups is 1. The number of rotatable bonds is 7. The van der Waals surface area contributed by atoms with Crippen LogP contribution in [0.3, 0.4) is 0 Å². The molecule has 1 unspecified atom stereocenters. The third-order valence-electron chi connectivity index (χ3n) is 5.38. The molecule has 0 bridgehead atoms. The molecule has 0 saturated carbocycles. The number of hydrogen-bond acceptors (Lipinski definition) is 4. The van der Waals surface area contributed by atoms with Gasteiger partial charge in [0.15, 0.2) is 5.11 Å². The Hall–Kier alpha value is -3.16. The Morgan fingerprint density at radius 1 is 1.09 bits per heavy atom. The van der Waals surface area contributed by atoms with Gasteiger partial charge in [-0.15, -0.1) is 0 Å². The second-order valence-corrected chi connectivity index (χ2v) is 8.87. The van der Waals surface area contributed by atoms with E-state index in [1.54, 1.807) is 18.1 Å². The van der Waals surface area contributed by atoms with Crippen LogP contribution in [0.5, 0.6) is 11.5 Å². The van der Waals surface area contributed by atoms with Gasteiger partial charge in [0.2, 0.25) is 0 Å². The van der Waals surface area contributed by atoms with Crippen LogP contribution in [0, 0.1) is 0 Å². The van der Waals surface area contributed by atoms with E-state index in [4.69, 9.17) is 21.7 Å². The van der Waals surface area contributed by atoms with Crippen molar-refractivity contribution in [3.8, 4) is 11.5 Å². The van der Waals surface area contributed by atoms with Crippen LogP contribution >= 0.6 is 28.1 Å². The van der Waals surface area contributed by atoms with Gasteiger partial charge in [0, 0.05) is 10.0 Å². The molecule has 168 valence electrons. The van der Waals surface area contributed by atoms with Gasteiger partial charge in [0.1, 0.15) is 23.8 Å². The van der Waals surface area contributed by atoms with Gasteiger partial charge in [0.05, 0.1) is 13.2 Å². The Bertz CT molecular complexity index is 1210. The molecule has 1 N–H and O–H groups in total. The number of amides is 1. The maximum absolute atomic E-state index is 13.1. The molecule has 33 heavy (non-hydrogen) atoms. The van der Waals surface area contributed by atoms with E-state index in [9.17, 15) is 4.79 Å². The van der Waals surface area contributed by atoms with Gasteiger partial charge in [-0.05, 0) is 66.7 Å². The van der Waals surface area contributed by atoms with Crippen LogP contribution in [-0.4, -0.2) is 23.0 Å². The summed E-state index contributed by atoms with van der Waals surface area (Å²) in [5.41, 5.74) is 3.17. The lowest BCUT2D eigenvalue weighted by molar-refractivity contribution is -0.123. The van der Waals surface area contributed by atoms with E-state index < -0.39 is 0 Å². The predicted octanol–water partition coefficient (Wildman–Crippen LogP) is 5.86. The van der Waals surface area contributed by atoms with Crippen molar-refractivity contribution in [3.05, 3.63) is 99.7 Å². The first-order valence-corrected chi connectivity index (χ1v) is 11.6. The predicted molar refractivity (Wildman–Crippen MR) is 137 cm³/mol. The minimum atomic E-state index is -0.172. The number of benzene rings is 3. The summed E-state index contributed by atoms with van der Waals surface area (Å²) in [6.45, 7) is 2.29. The van der Waals surface area contributed by atoms with Gasteiger partial charge >= 0.3 is 0 Å². The zero-order valence-corrected chi connectivity index (χ0v) is 20.7. The summed E-state index contributed by atoms with van der Waals surface area (Å²) in [5, 5.41) is 3.46. The molecule has 7 heteroatoms. The Morgan fingerprint density at radius 2 is 1.88 bits per heavy atom. The number of methoxy groups -OCH3 is 1. The fourth-order valence-electron chi connectivity index (χ4n) is 3.67. The second kappa shape index (κ2) is 10.2. The lowest BCUT2D eigenvalue weighted by Crippen LogP contribution is -2.33. The average Bonchev–Trinajstić information content (AvgIpc) is 3.10. The van der Waals surface area contributed by atoms with Crippen molar-refractivity contribution >= 4 is 45.2 Å². The molecule has 1 saturated heterocycles. The quantitative estimate of drug-likeness (QED) is 0.311. The standard InChI is InChI=1S/C26H23BrN2O3S/c1-17(19-7-4-3-5-8-19)29-25(30)23(28-26(29)33)14-18-11-12-24(31-2)20(13-18)16-32-22-10-6-9-21(27)15-22/h3-15,17H,16H2,1-2H3,(H,28,33)/b23-14-. The molecule has 1 atom stereocenters. The monoisotopic (exact) mass is 522 g/mol. The molecule has 0 aromatic heterocycles. The fraction of sp³-hybridized carbons (Fsp3) is 0.154. The van der Waals surface area contributed by atoms with E-state index >= 15 is 0 Å². The minimum absolute atomic E-state index is 0.154. The summed E-state index contributed by atoms with van der Waals surface area (Å²) in [6, 6.07) is 23.0. The zero-order chi connectivity index (χ0) is 23.4. The van der Waals surface area contributed by atoms with E-state index in [0.717, 1.165) is 26.9 Å². The smallest absolute Gasteiger partial charge is 0.277 e. The van der Waals surface area contributed by atoms with Gasteiger partial charge in [-0.1, -0.05) is 58.4 Å². The maximum Gasteiger partial charge on any atom is 0.277 e. The first-order chi connectivity index (χ1) is 16.0. The SMILES string of the molecule is COc1ccc(/C=C2\NC(=S)N(C(C)c3ccccc3)C2=O)cc1COc1cccc(Br)c1. The minimum Gasteiger partial charge on any atom is -0.496 e. The van der Waals surface area contributed by atoms with Crippen molar-refractivity contribution < 1.29 is 14.3 Å². The Kier molecular flexibility index (Phi) is 7.11. The normalized spacial score (nSPS) is 15.5. The van der Waals surface area contributed by atoms with Crippen LogP contribution in [0.15, 0.2) is 83.0 Å².